The van der Waals surface area contributed by atoms with Crippen molar-refractivity contribution in [2.75, 3.05) is 6.54 Å². The fourth-order valence-corrected chi connectivity index (χ4v) is 1.81. The zero-order valence-electron chi connectivity index (χ0n) is 12.3. The van der Waals surface area contributed by atoms with E-state index in [2.05, 4.69) is 5.32 Å². The molecule has 1 N–H and O–H groups in total. The van der Waals surface area contributed by atoms with Gasteiger partial charge in [0.2, 0.25) is 0 Å². The third-order valence-electron chi connectivity index (χ3n) is 2.55. The van der Waals surface area contributed by atoms with E-state index in [4.69, 9.17) is 4.74 Å². The first-order chi connectivity index (χ1) is 9.57. The molecule has 0 aliphatic heterocycles. The molecule has 0 aliphatic rings. The summed E-state index contributed by atoms with van der Waals surface area (Å²) >= 11 is 0. The molecule has 0 aliphatic carbocycles. The van der Waals surface area contributed by atoms with Crippen LogP contribution in [-0.4, -0.2) is 24.3 Å². The van der Waals surface area contributed by atoms with Gasteiger partial charge in [-0.05, 0) is 26.3 Å². The molecule has 0 amide bonds. The molecule has 1 atom stereocenters. The average molecular weight is 303 g/mol. The predicted octanol–water partition coefficient (Wildman–Crippen LogP) is 3.61. The highest BCUT2D eigenvalue weighted by atomic mass is 19.4. The topological polar surface area (TPSA) is 38.3 Å². The number of carbonyl (C=O) groups excluding carboxylic acids is 1. The van der Waals surface area contributed by atoms with Gasteiger partial charge in [0.1, 0.15) is 5.60 Å². The zero-order valence-corrected chi connectivity index (χ0v) is 12.3. The van der Waals surface area contributed by atoms with Crippen LogP contribution in [0.4, 0.5) is 13.2 Å². The monoisotopic (exact) mass is 303 g/mol. The highest BCUT2D eigenvalue weighted by Gasteiger charge is 2.32. The Balaban J connectivity index is 2.69. The molecule has 1 aromatic carbocycles. The van der Waals surface area contributed by atoms with Gasteiger partial charge in [0, 0.05) is 6.04 Å². The van der Waals surface area contributed by atoms with Crippen LogP contribution >= 0.6 is 0 Å². The molecule has 0 saturated carbocycles. The Hall–Kier alpha value is -1.56. The zero-order chi connectivity index (χ0) is 16.1. The molecule has 0 radical (unpaired) electrons. The molecule has 0 heterocycles. The van der Waals surface area contributed by atoms with E-state index in [9.17, 15) is 18.0 Å². The molecule has 0 aromatic heterocycles. The van der Waals surface area contributed by atoms with Crippen molar-refractivity contribution in [2.45, 2.75) is 45.0 Å². The summed E-state index contributed by atoms with van der Waals surface area (Å²) in [5.41, 5.74) is -0.177. The summed E-state index contributed by atoms with van der Waals surface area (Å²) in [6, 6.07) is 7.26. The normalized spacial score (nSPS) is 13.8. The van der Waals surface area contributed by atoms with Crippen LogP contribution < -0.4 is 5.32 Å². The van der Waals surface area contributed by atoms with Crippen molar-refractivity contribution >= 4 is 5.97 Å². The average Bonchev–Trinajstić information content (AvgIpc) is 2.32. The van der Waals surface area contributed by atoms with E-state index < -0.39 is 30.2 Å². The van der Waals surface area contributed by atoms with Crippen molar-refractivity contribution < 1.29 is 22.7 Å². The lowest BCUT2D eigenvalue weighted by Crippen LogP contribution is -2.35. The van der Waals surface area contributed by atoms with Gasteiger partial charge >= 0.3 is 12.1 Å². The minimum Gasteiger partial charge on any atom is -0.459 e. The van der Waals surface area contributed by atoms with Gasteiger partial charge in [0.25, 0.3) is 0 Å². The minimum absolute atomic E-state index is 0.271. The predicted molar refractivity (Wildman–Crippen MR) is 73.7 cm³/mol. The van der Waals surface area contributed by atoms with Gasteiger partial charge < -0.3 is 4.74 Å². The van der Waals surface area contributed by atoms with Gasteiger partial charge in [0.05, 0.1) is 13.0 Å². The fourth-order valence-electron chi connectivity index (χ4n) is 1.81. The first-order valence-corrected chi connectivity index (χ1v) is 6.64. The molecule has 0 saturated heterocycles. The second kappa shape index (κ2) is 6.93. The van der Waals surface area contributed by atoms with Gasteiger partial charge in [-0.15, -0.1) is 0 Å². The lowest BCUT2D eigenvalue weighted by atomic mass is 10.0. The molecule has 0 spiro atoms. The van der Waals surface area contributed by atoms with Crippen molar-refractivity contribution in [3.63, 3.8) is 0 Å². The number of benzene rings is 1. The first-order valence-electron chi connectivity index (χ1n) is 6.64. The molecule has 3 nitrogen and oxygen atoms in total. The SMILES string of the molecule is CC(C)(C)OC(=O)CNC(CC(F)(F)F)c1ccccc1. The third-order valence-corrected chi connectivity index (χ3v) is 2.55. The minimum atomic E-state index is -4.32. The van der Waals surface area contributed by atoms with Crippen molar-refractivity contribution in [3.8, 4) is 0 Å². The quantitative estimate of drug-likeness (QED) is 0.845. The molecule has 118 valence electrons. The summed E-state index contributed by atoms with van der Waals surface area (Å²) in [5.74, 6) is -0.578. The summed E-state index contributed by atoms with van der Waals surface area (Å²) in [7, 11) is 0. The molecule has 6 heteroatoms. The molecule has 1 unspecified atom stereocenters. The van der Waals surface area contributed by atoms with Crippen LogP contribution in [0.5, 0.6) is 0 Å². The molecule has 0 fully saturated rings. The molecule has 0 bridgehead atoms. The number of hydrogen-bond acceptors (Lipinski definition) is 3. The largest absolute Gasteiger partial charge is 0.459 e. The number of ether oxygens (including phenoxy) is 1. The van der Waals surface area contributed by atoms with Gasteiger partial charge in [-0.2, -0.15) is 13.2 Å². The lowest BCUT2D eigenvalue weighted by molar-refractivity contribution is -0.155. The Labute approximate surface area is 122 Å². The highest BCUT2D eigenvalue weighted by molar-refractivity contribution is 5.72. The van der Waals surface area contributed by atoms with E-state index >= 15 is 0 Å². The van der Waals surface area contributed by atoms with Crippen LogP contribution in [0.15, 0.2) is 30.3 Å². The highest BCUT2D eigenvalue weighted by Crippen LogP contribution is 2.29. The van der Waals surface area contributed by atoms with Crippen molar-refractivity contribution in [1.29, 1.82) is 0 Å². The second-order valence-corrected chi connectivity index (χ2v) is 5.75. The summed E-state index contributed by atoms with van der Waals surface area (Å²) in [4.78, 5) is 11.6. The van der Waals surface area contributed by atoms with Crippen molar-refractivity contribution in [1.82, 2.24) is 5.32 Å². The van der Waals surface area contributed by atoms with E-state index in [-0.39, 0.29) is 6.54 Å². The van der Waals surface area contributed by atoms with Crippen LogP contribution in [0.2, 0.25) is 0 Å². The number of nitrogens with one attached hydrogen (secondary N) is 1. The van der Waals surface area contributed by atoms with Gasteiger partial charge in [-0.1, -0.05) is 30.3 Å². The van der Waals surface area contributed by atoms with E-state index in [1.54, 1.807) is 51.1 Å². The van der Waals surface area contributed by atoms with Crippen LogP contribution in [0.25, 0.3) is 0 Å². The van der Waals surface area contributed by atoms with Crippen molar-refractivity contribution in [3.05, 3.63) is 35.9 Å². The maximum absolute atomic E-state index is 12.6. The maximum Gasteiger partial charge on any atom is 0.390 e. The van der Waals surface area contributed by atoms with Crippen LogP contribution in [0.1, 0.15) is 38.8 Å². The van der Waals surface area contributed by atoms with Gasteiger partial charge in [0.15, 0.2) is 0 Å². The Bertz CT molecular complexity index is 452. The summed E-state index contributed by atoms with van der Waals surface area (Å²) in [5, 5.41) is 2.62. The Morgan fingerprint density at radius 3 is 2.24 bits per heavy atom. The lowest BCUT2D eigenvalue weighted by Gasteiger charge is -2.23. The number of alkyl halides is 3. The van der Waals surface area contributed by atoms with Crippen LogP contribution in [0.3, 0.4) is 0 Å². The van der Waals surface area contributed by atoms with E-state index in [0.717, 1.165) is 0 Å². The van der Waals surface area contributed by atoms with Crippen molar-refractivity contribution in [2.24, 2.45) is 0 Å². The van der Waals surface area contributed by atoms with E-state index in [0.29, 0.717) is 5.56 Å². The van der Waals surface area contributed by atoms with Crippen LogP contribution in [-0.2, 0) is 9.53 Å². The van der Waals surface area contributed by atoms with Gasteiger partial charge in [-0.3, -0.25) is 10.1 Å². The smallest absolute Gasteiger partial charge is 0.390 e. The second-order valence-electron chi connectivity index (χ2n) is 5.75. The molecular formula is C15H20F3NO2. The summed E-state index contributed by atoms with van der Waals surface area (Å²) in [6.45, 7) is 4.84. The summed E-state index contributed by atoms with van der Waals surface area (Å²) < 4.78 is 43.0. The first kappa shape index (κ1) is 17.5. The fraction of sp³-hybridized carbons (Fsp3) is 0.533. The molecule has 1 rings (SSSR count). The van der Waals surface area contributed by atoms with Crippen LogP contribution in [0, 0.1) is 0 Å². The Kier molecular flexibility index (Phi) is 5.78. The van der Waals surface area contributed by atoms with E-state index in [1.807, 2.05) is 0 Å². The molecular weight excluding hydrogens is 283 g/mol. The standard InChI is InChI=1S/C15H20F3NO2/c1-14(2,3)21-13(20)10-19-12(9-15(16,17)18)11-7-5-4-6-8-11/h4-8,12,19H,9-10H2,1-3H3. The number of carbonyl (C=O) groups is 1. The number of halogens is 3. The number of esters is 1. The Morgan fingerprint density at radius 2 is 1.76 bits per heavy atom. The third kappa shape index (κ3) is 7.70. The molecule has 21 heavy (non-hydrogen) atoms. The van der Waals surface area contributed by atoms with Gasteiger partial charge in [-0.25, -0.2) is 0 Å². The van der Waals surface area contributed by atoms with E-state index in [1.165, 1.54) is 0 Å². The Morgan fingerprint density at radius 1 is 1.19 bits per heavy atom. The maximum atomic E-state index is 12.6. The summed E-state index contributed by atoms with van der Waals surface area (Å²) in [6.07, 6.45) is -5.36. The number of hydrogen-bond donors (Lipinski definition) is 1. The molecule has 1 aromatic rings. The number of rotatable bonds is 5.